The molecule has 2 aromatic carbocycles. The van der Waals surface area contributed by atoms with Crippen molar-refractivity contribution in [2.24, 2.45) is 56.6 Å². The number of hydrogen-bond donors (Lipinski definition) is 14. The molecule has 0 aliphatic carbocycles. The second kappa shape index (κ2) is 41.5. The van der Waals surface area contributed by atoms with Gasteiger partial charge < -0.3 is 80.0 Å². The third kappa shape index (κ3) is 24.3. The van der Waals surface area contributed by atoms with Gasteiger partial charge in [0.2, 0.25) is 47.3 Å². The van der Waals surface area contributed by atoms with Gasteiger partial charge in [0.05, 0.1) is 24.6 Å². The number of benzene rings is 2. The molecule has 18 N–H and O–H groups in total. The molecular weight excluding hydrogens is 1420 g/mol. The van der Waals surface area contributed by atoms with Gasteiger partial charge in [-0.2, -0.15) is 0 Å². The van der Waals surface area contributed by atoms with Crippen LogP contribution >= 0.6 is 21.6 Å². The highest BCUT2D eigenvalue weighted by Crippen LogP contribution is 2.33. The number of rotatable bonds is 22. The number of nitrogens with zero attached hydrogens (tertiary/aromatic N) is 5. The van der Waals surface area contributed by atoms with E-state index in [-0.39, 0.29) is 108 Å². The number of guanidine groups is 1. The van der Waals surface area contributed by atoms with Crippen molar-refractivity contribution in [2.45, 2.75) is 184 Å². The molecule has 0 spiro atoms. The lowest BCUT2D eigenvalue weighted by molar-refractivity contribution is -0.142. The molecule has 3 aromatic heterocycles. The number of aromatic nitrogens is 5. The van der Waals surface area contributed by atoms with Crippen LogP contribution < -0.4 is 60.2 Å². The summed E-state index contributed by atoms with van der Waals surface area (Å²) in [5.74, 6) is -13.3. The molecule has 580 valence electrons. The molecule has 0 radical (unpaired) electrons. The fraction of sp³-hybridized carbons (Fsp3) is 0.520. The standard InChI is InChI=1S/C75H101N19O12S2/c1-44-28-64(96)49-34-65(97)46(30-48-37-84-54-18-6-5-17-53(48)54)32-66(98)58(35-50-16-11-25-82-50)90-71(103)59(29-45-14-3-2-4-15-45)91-72(104)60(36-52-39-81-43-86-52)92-73(105)62-22-13-27-94(62)74(106)61(41-108-107-40-49)93-70(102)57(21-12-26-83-75(78)79)89-69(101)56(20-8-10-24-77)88-68(100)55(19-7-9-23-76)87-67(99)47(33-63(44)95)31-51-38-80-42-85-51/h2-6,14-18,25,37-39,42-44,46-47,49,55-62,84H,7-13,19-24,26-36,40-41,76-77H2,1H3,(H,80,85)(H,81,86)(H,87,99)(H,88,100)(H,89,101)(H,90,103)(H,91,104)(H,92,105)(H,93,102)(H4,78,79,83)/t44-,46-,47-,49+,55+,56+,57+,58+,59-,60+,61+,62+/m1/s1. The molecule has 8 amide bonds. The Kier molecular flexibility index (Phi) is 31.6. The molecule has 9 rings (SSSR count). The minimum atomic E-state index is -1.49. The first kappa shape index (κ1) is 82.2. The van der Waals surface area contributed by atoms with Gasteiger partial charge in [0.1, 0.15) is 59.6 Å². The maximum Gasteiger partial charge on any atom is 0.246 e. The van der Waals surface area contributed by atoms with Gasteiger partial charge >= 0.3 is 0 Å². The zero-order valence-corrected chi connectivity index (χ0v) is 62.4. The molecule has 3 fully saturated rings. The number of carbonyl (C=O) groups is 12. The summed E-state index contributed by atoms with van der Waals surface area (Å²) < 4.78 is 0. The Bertz CT molecular complexity index is 4020. The van der Waals surface area contributed by atoms with Crippen molar-refractivity contribution >= 4 is 115 Å². The number of Topliss-reactive ketones (excluding diaryl/α,β-unsaturated/α-hetero) is 4. The largest absolute Gasteiger partial charge is 0.370 e. The maximum absolute atomic E-state index is 15.7. The van der Waals surface area contributed by atoms with Crippen molar-refractivity contribution in [1.29, 1.82) is 0 Å². The Morgan fingerprint density at radius 2 is 1.13 bits per heavy atom. The van der Waals surface area contributed by atoms with Crippen molar-refractivity contribution in [3.8, 4) is 0 Å². The number of allylic oxidation sites excluding steroid dienone is 1. The fourth-order valence-corrected chi connectivity index (χ4v) is 16.4. The van der Waals surface area contributed by atoms with Crippen molar-refractivity contribution in [1.82, 2.24) is 67.0 Å². The lowest BCUT2D eigenvalue weighted by Crippen LogP contribution is -2.60. The van der Waals surface area contributed by atoms with E-state index in [4.69, 9.17) is 22.9 Å². The number of unbranched alkanes of at least 4 members (excludes halogenated alkanes) is 2. The van der Waals surface area contributed by atoms with Crippen LogP contribution in [0, 0.1) is 23.7 Å². The Morgan fingerprint density at radius 3 is 1.78 bits per heavy atom. The van der Waals surface area contributed by atoms with Crippen LogP contribution in [0.3, 0.4) is 0 Å². The number of ketones is 4. The quantitative estimate of drug-likeness (QED) is 0.0204. The number of nitrogens with two attached hydrogens (primary N) is 4. The number of amides is 8. The summed E-state index contributed by atoms with van der Waals surface area (Å²) in [5, 5.41) is 20.8. The van der Waals surface area contributed by atoms with Crippen LogP contribution in [0.2, 0.25) is 0 Å². The summed E-state index contributed by atoms with van der Waals surface area (Å²) in [7, 11) is 2.17. The Labute approximate surface area is 634 Å². The molecule has 108 heavy (non-hydrogen) atoms. The van der Waals surface area contributed by atoms with Gasteiger partial charge in [-0.05, 0) is 101 Å². The second-order valence-corrected chi connectivity index (χ2v) is 30.7. The van der Waals surface area contributed by atoms with Crippen LogP contribution in [0.4, 0.5) is 0 Å². The third-order valence-electron chi connectivity index (χ3n) is 20.0. The first-order valence-electron chi connectivity index (χ1n) is 37.1. The van der Waals surface area contributed by atoms with Crippen LogP contribution in [-0.2, 0) is 83.2 Å². The summed E-state index contributed by atoms with van der Waals surface area (Å²) >= 11 is 0. The number of aromatic amines is 3. The summed E-state index contributed by atoms with van der Waals surface area (Å²) in [5.41, 5.74) is 26.7. The van der Waals surface area contributed by atoms with E-state index < -0.39 is 168 Å². The van der Waals surface area contributed by atoms with Gasteiger partial charge in [-0.3, -0.25) is 67.5 Å². The first-order valence-corrected chi connectivity index (χ1v) is 39.6. The van der Waals surface area contributed by atoms with Gasteiger partial charge in [-0.15, -0.1) is 0 Å². The van der Waals surface area contributed by atoms with E-state index in [0.717, 1.165) is 32.5 Å². The monoisotopic (exact) mass is 1520 g/mol. The number of imidazole rings is 2. The number of aliphatic imine (C=N–C) groups is 2. The predicted octanol–water partition coefficient (Wildman–Crippen LogP) is 2.06. The SMILES string of the molecule is C[C@@H]1CC(=O)[C@@H]2CSSC[C@H](NC(=O)[C@H](CCCN=C(N)N)NC(=O)[C@H](CCCCN)NC(=O)[C@H](CCCCN)NC(=O)[C@H](Cc3cnc[nH]3)CC1=O)C(=O)N1CCC[C@H]1C(=O)N[C@@H](Cc1cnc[nH]1)C(=O)N[C@H](Cc1ccccc1)C(=O)N[C@@H](CC1=CCC=N1)C(=O)C[C@@H](Cc1c[nH]c3ccccc13)C(=O)C2. The summed E-state index contributed by atoms with van der Waals surface area (Å²) in [6, 6.07) is 5.35. The molecule has 4 aliphatic rings. The number of para-hydroxylation sites is 1. The molecule has 4 aliphatic heterocycles. The minimum absolute atomic E-state index is 0.00517. The van der Waals surface area contributed by atoms with E-state index in [0.29, 0.717) is 66.7 Å². The average molecular weight is 1520 g/mol. The third-order valence-corrected chi connectivity index (χ3v) is 22.5. The summed E-state index contributed by atoms with van der Waals surface area (Å²) in [6.45, 7) is 2.07. The molecule has 5 aromatic rings. The van der Waals surface area contributed by atoms with E-state index in [9.17, 15) is 19.2 Å². The fourth-order valence-electron chi connectivity index (χ4n) is 13.9. The smallest absolute Gasteiger partial charge is 0.246 e. The molecule has 33 heteroatoms. The minimum Gasteiger partial charge on any atom is -0.370 e. The van der Waals surface area contributed by atoms with Gasteiger partial charge in [-0.25, -0.2) is 9.97 Å². The van der Waals surface area contributed by atoms with Crippen molar-refractivity contribution in [2.75, 3.05) is 37.7 Å². The van der Waals surface area contributed by atoms with Crippen molar-refractivity contribution in [3.05, 3.63) is 120 Å². The van der Waals surface area contributed by atoms with Crippen LogP contribution in [0.25, 0.3) is 10.9 Å². The molecule has 0 saturated carbocycles. The Morgan fingerprint density at radius 1 is 0.546 bits per heavy atom. The molecule has 2 bridgehead atoms. The highest BCUT2D eigenvalue weighted by molar-refractivity contribution is 8.76. The van der Waals surface area contributed by atoms with Gasteiger partial charge in [0.25, 0.3) is 0 Å². The van der Waals surface area contributed by atoms with Crippen LogP contribution in [0.5, 0.6) is 0 Å². The van der Waals surface area contributed by atoms with Crippen molar-refractivity contribution in [3.63, 3.8) is 0 Å². The van der Waals surface area contributed by atoms with E-state index in [2.05, 4.69) is 72.1 Å². The molecule has 12 atom stereocenters. The molecule has 31 nitrogen and oxygen atoms in total. The summed E-state index contributed by atoms with van der Waals surface area (Å²) in [4.78, 5) is 210. The maximum atomic E-state index is 15.7. The summed E-state index contributed by atoms with van der Waals surface area (Å²) in [6.07, 6.45) is 11.4. The van der Waals surface area contributed by atoms with E-state index >= 15 is 38.4 Å². The van der Waals surface area contributed by atoms with Crippen molar-refractivity contribution < 1.29 is 57.5 Å². The normalized spacial score (nSPS) is 25.6. The number of H-pyrrole nitrogens is 3. The van der Waals surface area contributed by atoms with E-state index in [1.807, 2.05) is 30.3 Å². The van der Waals surface area contributed by atoms with E-state index in [1.54, 1.807) is 49.7 Å². The van der Waals surface area contributed by atoms with Crippen LogP contribution in [0.15, 0.2) is 108 Å². The first-order chi connectivity index (χ1) is 52.1. The van der Waals surface area contributed by atoms with E-state index in [1.165, 1.54) is 29.9 Å². The lowest BCUT2D eigenvalue weighted by atomic mass is 9.82. The van der Waals surface area contributed by atoms with Gasteiger partial charge in [0, 0.05) is 153 Å². The number of carbonyl (C=O) groups excluding carboxylic acids is 12. The molecule has 0 unspecified atom stereocenters. The molecule has 7 heterocycles. The second-order valence-electron chi connectivity index (χ2n) is 28.1. The van der Waals surface area contributed by atoms with Crippen LogP contribution in [-0.4, -0.2) is 198 Å². The Balaban J connectivity index is 1.16. The number of nitrogens with one attached hydrogen (secondary N) is 10. The highest BCUT2D eigenvalue weighted by atomic mass is 33.1. The highest BCUT2D eigenvalue weighted by Gasteiger charge is 2.42. The number of fused-ring (bicyclic) bond motifs is 7. The topological polar surface area (TPSA) is 494 Å². The number of hydrogen-bond acceptors (Lipinski definition) is 20. The predicted molar refractivity (Wildman–Crippen MR) is 410 cm³/mol. The Hall–Kier alpha value is -9.86. The van der Waals surface area contributed by atoms with Gasteiger partial charge in [-0.1, -0.05) is 83.1 Å². The van der Waals surface area contributed by atoms with Gasteiger partial charge in [0.15, 0.2) is 11.7 Å². The molecular formula is C75H101N19O12S2. The lowest BCUT2D eigenvalue weighted by Gasteiger charge is -2.31. The zero-order valence-electron chi connectivity index (χ0n) is 60.8. The molecule has 3 saturated heterocycles. The average Bonchev–Trinajstić information content (AvgIpc) is 1.64. The van der Waals surface area contributed by atoms with Crippen LogP contribution in [0.1, 0.15) is 132 Å². The zero-order chi connectivity index (χ0) is 77.1.